The van der Waals surface area contributed by atoms with E-state index < -0.39 is 0 Å². The summed E-state index contributed by atoms with van der Waals surface area (Å²) in [4.78, 5) is 2.65. The molecule has 0 aliphatic heterocycles. The Morgan fingerprint density at radius 2 is 1.20 bits per heavy atom. The molecule has 0 bridgehead atoms. The van der Waals surface area contributed by atoms with Crippen molar-refractivity contribution in [2.75, 3.05) is 0 Å². The molecule has 10 rings (SSSR count). The van der Waals surface area contributed by atoms with E-state index in [1.54, 1.807) is 0 Å². The van der Waals surface area contributed by atoms with Crippen LogP contribution in [0.2, 0.25) is 0 Å². The average Bonchev–Trinajstić information content (AvgIpc) is 3.28. The molecule has 1 nitrogen and oxygen atoms in total. The van der Waals surface area contributed by atoms with E-state index in [0.717, 1.165) is 32.1 Å². The van der Waals surface area contributed by atoms with Gasteiger partial charge in [-0.2, -0.15) is 0 Å². The Morgan fingerprint density at radius 3 is 1.82 bits per heavy atom. The Balaban J connectivity index is 1.21. The van der Waals surface area contributed by atoms with E-state index in [-0.39, 0.29) is 17.9 Å². The predicted molar refractivity (Wildman–Crippen MR) is 235 cm³/mol. The minimum atomic E-state index is 0.172. The van der Waals surface area contributed by atoms with Crippen molar-refractivity contribution in [2.24, 2.45) is 11.8 Å². The molecule has 0 saturated carbocycles. The van der Waals surface area contributed by atoms with Crippen LogP contribution in [0.15, 0.2) is 200 Å². The number of hydrogen-bond donors (Lipinski definition) is 0. The average molecular weight is 721 g/mol. The van der Waals surface area contributed by atoms with Crippen LogP contribution in [-0.2, 0) is 6.42 Å². The third kappa shape index (κ3) is 6.13. The van der Waals surface area contributed by atoms with E-state index in [4.69, 9.17) is 0 Å². The number of fused-ring (bicyclic) bond motifs is 4. The highest BCUT2D eigenvalue weighted by Crippen LogP contribution is 2.46. The molecular formula is C55H46N-. The molecule has 0 spiro atoms. The molecule has 0 radical (unpaired) electrons. The maximum atomic E-state index is 3.55. The van der Waals surface area contributed by atoms with E-state index in [2.05, 4.69) is 205 Å². The molecule has 0 fully saturated rings. The topological polar surface area (TPSA) is 3.24 Å². The summed E-state index contributed by atoms with van der Waals surface area (Å²) in [6, 6.07) is 50.1. The zero-order chi connectivity index (χ0) is 37.3. The van der Waals surface area contributed by atoms with Gasteiger partial charge in [0.2, 0.25) is 0 Å². The molecule has 0 heterocycles. The first-order valence-corrected chi connectivity index (χ1v) is 20.5. The fourth-order valence-corrected chi connectivity index (χ4v) is 9.97. The molecule has 0 saturated heterocycles. The quantitative estimate of drug-likeness (QED) is 0.106. The zero-order valence-electron chi connectivity index (χ0n) is 31.8. The van der Waals surface area contributed by atoms with Gasteiger partial charge in [0.1, 0.15) is 0 Å². The smallest absolute Gasteiger partial charge is 0.0369 e. The van der Waals surface area contributed by atoms with Crippen molar-refractivity contribution < 1.29 is 0 Å². The van der Waals surface area contributed by atoms with E-state index in [9.17, 15) is 0 Å². The number of benzene rings is 6. The van der Waals surface area contributed by atoms with Crippen molar-refractivity contribution in [3.8, 4) is 0 Å². The zero-order valence-corrected chi connectivity index (χ0v) is 31.8. The van der Waals surface area contributed by atoms with Gasteiger partial charge in [-0.15, -0.1) is 6.08 Å². The second-order valence-corrected chi connectivity index (χ2v) is 15.5. The largest absolute Gasteiger partial charge is 0.340 e. The first kappa shape index (κ1) is 34.3. The maximum Gasteiger partial charge on any atom is 0.0369 e. The van der Waals surface area contributed by atoms with Gasteiger partial charge in [0.15, 0.2) is 0 Å². The highest BCUT2D eigenvalue weighted by atomic mass is 15.2. The summed E-state index contributed by atoms with van der Waals surface area (Å²) < 4.78 is 0. The van der Waals surface area contributed by atoms with Crippen LogP contribution >= 0.6 is 0 Å². The van der Waals surface area contributed by atoms with Gasteiger partial charge in [-0.1, -0.05) is 176 Å². The second kappa shape index (κ2) is 15.2. The van der Waals surface area contributed by atoms with Crippen LogP contribution in [0.1, 0.15) is 53.9 Å². The predicted octanol–water partition coefficient (Wildman–Crippen LogP) is 11.7. The molecule has 4 aliphatic rings. The summed E-state index contributed by atoms with van der Waals surface area (Å²) in [5.41, 5.74) is 9.69. The van der Waals surface area contributed by atoms with Crippen LogP contribution in [0.5, 0.6) is 0 Å². The molecule has 1 heteroatoms. The fraction of sp³-hybridized carbons (Fsp3) is 0.164. The van der Waals surface area contributed by atoms with Gasteiger partial charge in [0.25, 0.3) is 0 Å². The van der Waals surface area contributed by atoms with Crippen LogP contribution < -0.4 is 10.4 Å². The van der Waals surface area contributed by atoms with Crippen LogP contribution in [0.3, 0.4) is 0 Å². The molecule has 6 aromatic carbocycles. The maximum absolute atomic E-state index is 3.55. The van der Waals surface area contributed by atoms with Gasteiger partial charge in [0.05, 0.1) is 0 Å². The molecule has 272 valence electrons. The number of rotatable bonds is 9. The van der Waals surface area contributed by atoms with Crippen molar-refractivity contribution >= 4 is 32.8 Å². The Kier molecular flexibility index (Phi) is 9.29. The van der Waals surface area contributed by atoms with Gasteiger partial charge in [0, 0.05) is 40.4 Å². The fourth-order valence-electron chi connectivity index (χ4n) is 9.97. The lowest BCUT2D eigenvalue weighted by atomic mass is 9.71. The molecule has 4 aliphatic carbocycles. The minimum Gasteiger partial charge on any atom is -0.340 e. The number of nitrogens with zero attached hydrogens (tertiary/aromatic N) is 1. The summed E-state index contributed by atoms with van der Waals surface area (Å²) in [6.07, 6.45) is 31.8. The van der Waals surface area contributed by atoms with Crippen molar-refractivity contribution in [3.63, 3.8) is 0 Å². The van der Waals surface area contributed by atoms with Gasteiger partial charge in [-0.05, 0) is 86.3 Å². The van der Waals surface area contributed by atoms with Crippen molar-refractivity contribution in [2.45, 2.75) is 44.1 Å². The third-order valence-electron chi connectivity index (χ3n) is 12.4. The van der Waals surface area contributed by atoms with Gasteiger partial charge >= 0.3 is 0 Å². The van der Waals surface area contributed by atoms with Crippen molar-refractivity contribution in [3.05, 3.63) is 239 Å². The molecule has 0 N–H and O–H groups in total. The second-order valence-electron chi connectivity index (χ2n) is 15.5. The first-order chi connectivity index (χ1) is 27.8. The summed E-state index contributed by atoms with van der Waals surface area (Å²) in [5.74, 6) is 0.660. The third-order valence-corrected chi connectivity index (χ3v) is 12.4. The van der Waals surface area contributed by atoms with E-state index in [1.165, 1.54) is 71.2 Å². The lowest BCUT2D eigenvalue weighted by molar-refractivity contribution is 0.380. The SMILES string of the molecule is [C-]1=CC=CC(N(C2=CCCC=C2)C2=c3ccccc3=C(c3c4ccccc4c(CCC(c4ccccc4)c4ccccc4)c4ccccc34)C3C=CC=CC23)C1. The van der Waals surface area contributed by atoms with Crippen LogP contribution in [0, 0.1) is 17.9 Å². The standard InChI is InChI=1S/C55H46N/c1-5-21-39(22-6-1)43(40-23-7-2-8-24-40)37-38-46-44-29-13-15-31-47(44)53(48-32-16-14-30-45(46)48)54-49-33-17-19-35-51(49)55(52-36-20-18-34-50(52)54)56(41-25-9-3-10-26-41)42-27-11-4-12-28-42/h1-3,5-9,11,13-25,27-36,41,43,49,51H,4,12,26,37-38H2/q-1. The van der Waals surface area contributed by atoms with Crippen molar-refractivity contribution in [1.82, 2.24) is 4.90 Å². The summed E-state index contributed by atoms with van der Waals surface area (Å²) in [5, 5.41) is 8.08. The molecule has 56 heavy (non-hydrogen) atoms. The lowest BCUT2D eigenvalue weighted by Gasteiger charge is -2.44. The minimum absolute atomic E-state index is 0.172. The molecule has 0 aromatic heterocycles. The highest BCUT2D eigenvalue weighted by molar-refractivity contribution is 6.12. The molecular weight excluding hydrogens is 675 g/mol. The van der Waals surface area contributed by atoms with Gasteiger partial charge in [-0.3, -0.25) is 6.08 Å². The van der Waals surface area contributed by atoms with Crippen molar-refractivity contribution in [1.29, 1.82) is 0 Å². The number of allylic oxidation sites excluding steroid dienone is 8. The Morgan fingerprint density at radius 1 is 0.589 bits per heavy atom. The lowest BCUT2D eigenvalue weighted by Crippen LogP contribution is -2.47. The van der Waals surface area contributed by atoms with Crippen LogP contribution in [0.25, 0.3) is 32.8 Å². The summed E-state index contributed by atoms with van der Waals surface area (Å²) in [6.45, 7) is 0. The van der Waals surface area contributed by atoms with Gasteiger partial charge < -0.3 is 4.90 Å². The van der Waals surface area contributed by atoms with E-state index in [0.29, 0.717) is 5.92 Å². The molecule has 6 aromatic rings. The van der Waals surface area contributed by atoms with Gasteiger partial charge in [-0.25, -0.2) is 12.2 Å². The number of aryl methyl sites for hydroxylation is 1. The Hall–Kier alpha value is -6.18. The van der Waals surface area contributed by atoms with E-state index in [1.807, 2.05) is 0 Å². The molecule has 3 atom stereocenters. The highest BCUT2D eigenvalue weighted by Gasteiger charge is 2.37. The Bertz CT molecular complexity index is 2640. The molecule has 3 unspecified atom stereocenters. The normalized spacial score (nSPS) is 19.7. The molecule has 0 amide bonds. The summed E-state index contributed by atoms with van der Waals surface area (Å²) in [7, 11) is 0. The monoisotopic (exact) mass is 720 g/mol. The van der Waals surface area contributed by atoms with E-state index >= 15 is 0 Å². The summed E-state index contributed by atoms with van der Waals surface area (Å²) >= 11 is 0. The van der Waals surface area contributed by atoms with Crippen LogP contribution in [-0.4, -0.2) is 10.9 Å². The number of hydrogen-bond acceptors (Lipinski definition) is 1. The Labute approximate surface area is 331 Å². The first-order valence-electron chi connectivity index (χ1n) is 20.5. The van der Waals surface area contributed by atoms with Crippen LogP contribution in [0.4, 0.5) is 0 Å².